The van der Waals surface area contributed by atoms with Gasteiger partial charge in [0.1, 0.15) is 11.8 Å². The van der Waals surface area contributed by atoms with Gasteiger partial charge in [0.15, 0.2) is 5.13 Å². The number of primary amides is 1. The number of carbonyl (C=O) groups is 2. The molecule has 1 aliphatic heterocycles. The van der Waals surface area contributed by atoms with Crippen LogP contribution in [0.25, 0.3) is 11.3 Å². The second-order valence-electron chi connectivity index (χ2n) is 6.21. The number of aromatic nitrogens is 1. The number of carbonyl (C=O) groups excluding carboxylic acids is 2. The van der Waals surface area contributed by atoms with E-state index in [1.165, 1.54) is 16.3 Å². The van der Waals surface area contributed by atoms with E-state index in [2.05, 4.69) is 15.4 Å². The number of hydrogen-bond donors (Lipinski definition) is 2. The van der Waals surface area contributed by atoms with Gasteiger partial charge < -0.3 is 5.73 Å². The lowest BCUT2D eigenvalue weighted by molar-refractivity contribution is -0.119. The van der Waals surface area contributed by atoms with Gasteiger partial charge in [0.2, 0.25) is 5.91 Å². The highest BCUT2D eigenvalue weighted by atomic mass is 32.1. The molecule has 3 aromatic rings. The minimum atomic E-state index is -0.695. The van der Waals surface area contributed by atoms with Gasteiger partial charge in [0, 0.05) is 17.4 Å². The monoisotopic (exact) mass is 391 g/mol. The molecule has 3 N–H and O–H groups in total. The number of thiazole rings is 1. The molecule has 2 aromatic carbocycles. The van der Waals surface area contributed by atoms with Crippen LogP contribution in [-0.2, 0) is 9.59 Å². The maximum atomic E-state index is 12.7. The molecule has 28 heavy (non-hydrogen) atoms. The molecule has 0 spiro atoms. The molecule has 1 aromatic heterocycles. The number of nitrogens with two attached hydrogens (primary N) is 1. The van der Waals surface area contributed by atoms with Crippen LogP contribution in [0, 0.1) is 0 Å². The van der Waals surface area contributed by atoms with Crippen LogP contribution in [0.1, 0.15) is 6.42 Å². The minimum absolute atomic E-state index is 0.146. The Morgan fingerprint density at radius 2 is 1.75 bits per heavy atom. The third-order valence-electron chi connectivity index (χ3n) is 4.32. The van der Waals surface area contributed by atoms with E-state index in [0.717, 1.165) is 11.3 Å². The molecule has 0 radical (unpaired) electrons. The van der Waals surface area contributed by atoms with E-state index in [-0.39, 0.29) is 12.1 Å². The van der Waals surface area contributed by atoms with Gasteiger partial charge in [-0.3, -0.25) is 19.9 Å². The Bertz CT molecular complexity index is 1030. The van der Waals surface area contributed by atoms with Crippen LogP contribution < -0.4 is 16.1 Å². The number of hydrogen-bond acceptors (Lipinski definition) is 6. The molecule has 0 bridgehead atoms. The van der Waals surface area contributed by atoms with E-state index in [0.29, 0.717) is 10.8 Å². The second kappa shape index (κ2) is 7.61. The second-order valence-corrected chi connectivity index (χ2v) is 7.07. The van der Waals surface area contributed by atoms with Gasteiger partial charge in [-0.15, -0.1) is 11.3 Å². The van der Waals surface area contributed by atoms with Crippen LogP contribution in [0.15, 0.2) is 71.1 Å². The van der Waals surface area contributed by atoms with Gasteiger partial charge in [-0.2, -0.15) is 5.10 Å². The molecule has 7 nitrogen and oxygen atoms in total. The number of nitrogens with one attached hydrogen (secondary N) is 1. The average molecular weight is 391 g/mol. The quantitative estimate of drug-likeness (QED) is 0.698. The Labute approximate surface area is 165 Å². The van der Waals surface area contributed by atoms with Gasteiger partial charge in [-0.05, 0) is 12.1 Å². The molecule has 0 saturated heterocycles. The van der Waals surface area contributed by atoms with E-state index in [1.807, 2.05) is 66.0 Å². The van der Waals surface area contributed by atoms with Crippen molar-refractivity contribution in [2.75, 3.05) is 10.3 Å². The molecule has 1 atom stereocenters. The number of benzene rings is 2. The molecule has 8 heteroatoms. The zero-order valence-electron chi connectivity index (χ0n) is 14.8. The summed E-state index contributed by atoms with van der Waals surface area (Å²) in [6.07, 6.45) is 0.146. The lowest BCUT2D eigenvalue weighted by atomic mass is 10.1. The lowest BCUT2D eigenvalue weighted by Crippen LogP contribution is -2.39. The average Bonchev–Trinajstić information content (AvgIpc) is 3.37. The van der Waals surface area contributed by atoms with E-state index in [4.69, 9.17) is 5.73 Å². The zero-order chi connectivity index (χ0) is 19.5. The van der Waals surface area contributed by atoms with E-state index < -0.39 is 17.9 Å². The SMILES string of the molecule is NC(=O)C1CC(C(=O)Nc2nc(-c3ccccc3)cs2)=NN1c1ccccc1. The fraction of sp³-hybridized carbons (Fsp3) is 0.100. The Balaban J connectivity index is 1.52. The summed E-state index contributed by atoms with van der Waals surface area (Å²) in [4.78, 5) is 28.9. The van der Waals surface area contributed by atoms with Gasteiger partial charge in [0.05, 0.1) is 11.4 Å². The predicted octanol–water partition coefficient (Wildman–Crippen LogP) is 2.87. The van der Waals surface area contributed by atoms with Crippen molar-refractivity contribution >= 4 is 39.7 Å². The van der Waals surface area contributed by atoms with Crippen molar-refractivity contribution in [2.45, 2.75) is 12.5 Å². The highest BCUT2D eigenvalue weighted by Gasteiger charge is 2.35. The number of hydrazone groups is 1. The summed E-state index contributed by atoms with van der Waals surface area (Å²) in [5.74, 6) is -0.922. The Morgan fingerprint density at radius 3 is 2.43 bits per heavy atom. The summed E-state index contributed by atoms with van der Waals surface area (Å²) >= 11 is 1.33. The smallest absolute Gasteiger partial charge is 0.273 e. The molecule has 1 aliphatic rings. The van der Waals surface area contributed by atoms with Crippen molar-refractivity contribution in [3.05, 3.63) is 66.0 Å². The molecule has 0 saturated carbocycles. The maximum Gasteiger partial charge on any atom is 0.273 e. The van der Waals surface area contributed by atoms with Crippen LogP contribution in [0.4, 0.5) is 10.8 Å². The fourth-order valence-electron chi connectivity index (χ4n) is 2.93. The topological polar surface area (TPSA) is 101 Å². The first-order chi connectivity index (χ1) is 13.6. The number of amides is 2. The number of anilines is 2. The van der Waals surface area contributed by atoms with Crippen LogP contribution in [0.3, 0.4) is 0 Å². The van der Waals surface area contributed by atoms with Crippen LogP contribution in [0.2, 0.25) is 0 Å². The summed E-state index contributed by atoms with van der Waals surface area (Å²) < 4.78 is 0. The van der Waals surface area contributed by atoms with Gasteiger partial charge in [-0.25, -0.2) is 4.98 Å². The first-order valence-corrected chi connectivity index (χ1v) is 9.53. The molecule has 2 heterocycles. The van der Waals surface area contributed by atoms with Crippen LogP contribution in [0.5, 0.6) is 0 Å². The van der Waals surface area contributed by atoms with Crippen molar-refractivity contribution in [3.63, 3.8) is 0 Å². The summed E-state index contributed by atoms with van der Waals surface area (Å²) in [7, 11) is 0. The minimum Gasteiger partial charge on any atom is -0.368 e. The Hall–Kier alpha value is -3.52. The van der Waals surface area contributed by atoms with Gasteiger partial charge in [-0.1, -0.05) is 48.5 Å². The molecule has 140 valence electrons. The molecular weight excluding hydrogens is 374 g/mol. The van der Waals surface area contributed by atoms with Gasteiger partial charge in [0.25, 0.3) is 5.91 Å². The predicted molar refractivity (Wildman–Crippen MR) is 110 cm³/mol. The molecule has 4 rings (SSSR count). The zero-order valence-corrected chi connectivity index (χ0v) is 15.6. The first-order valence-electron chi connectivity index (χ1n) is 8.65. The third kappa shape index (κ3) is 3.63. The van der Waals surface area contributed by atoms with Gasteiger partial charge >= 0.3 is 0 Å². The highest BCUT2D eigenvalue weighted by Crippen LogP contribution is 2.27. The number of nitrogens with zero attached hydrogens (tertiary/aromatic N) is 3. The maximum absolute atomic E-state index is 12.7. The first kappa shape index (κ1) is 17.9. The van der Waals surface area contributed by atoms with Crippen LogP contribution in [-0.4, -0.2) is 28.6 Å². The lowest BCUT2D eigenvalue weighted by Gasteiger charge is -2.20. The number of para-hydroxylation sites is 1. The van der Waals surface area contributed by atoms with E-state index >= 15 is 0 Å². The molecule has 1 unspecified atom stereocenters. The van der Waals surface area contributed by atoms with Crippen molar-refractivity contribution < 1.29 is 9.59 Å². The standard InChI is InChI=1S/C20H17N5O2S/c21-18(26)17-11-15(24-25(17)14-9-5-2-6-10-14)19(27)23-20-22-16(12-28-20)13-7-3-1-4-8-13/h1-10,12,17H,11H2,(H2,21,26)(H,22,23,27). The van der Waals surface area contributed by atoms with Crippen molar-refractivity contribution in [2.24, 2.45) is 10.8 Å². The summed E-state index contributed by atoms with van der Waals surface area (Å²) in [5, 5.41) is 10.9. The van der Waals surface area contributed by atoms with E-state index in [9.17, 15) is 9.59 Å². The van der Waals surface area contributed by atoms with Crippen molar-refractivity contribution in [1.29, 1.82) is 0 Å². The largest absolute Gasteiger partial charge is 0.368 e. The third-order valence-corrected chi connectivity index (χ3v) is 5.07. The summed E-state index contributed by atoms with van der Waals surface area (Å²) in [5.41, 5.74) is 8.22. The molecular formula is C20H17N5O2S. The summed E-state index contributed by atoms with van der Waals surface area (Å²) in [6.45, 7) is 0. The number of rotatable bonds is 5. The van der Waals surface area contributed by atoms with Crippen molar-refractivity contribution in [1.82, 2.24) is 4.98 Å². The molecule has 0 fully saturated rings. The molecule has 0 aliphatic carbocycles. The normalized spacial score (nSPS) is 15.9. The Morgan fingerprint density at radius 1 is 1.07 bits per heavy atom. The summed E-state index contributed by atoms with van der Waals surface area (Å²) in [6, 6.07) is 18.2. The van der Waals surface area contributed by atoms with Crippen molar-refractivity contribution in [3.8, 4) is 11.3 Å². The van der Waals surface area contributed by atoms with E-state index in [1.54, 1.807) is 0 Å². The van der Waals surface area contributed by atoms with Crippen LogP contribution >= 0.6 is 11.3 Å². The fourth-order valence-corrected chi connectivity index (χ4v) is 3.64. The Kier molecular flexibility index (Phi) is 4.86. The highest BCUT2D eigenvalue weighted by molar-refractivity contribution is 7.14. The molecule has 2 amide bonds.